The van der Waals surface area contributed by atoms with Gasteiger partial charge in [-0.25, -0.2) is 0 Å². The molecule has 0 bridgehead atoms. The molecule has 6 heteroatoms. The van der Waals surface area contributed by atoms with Crippen LogP contribution in [-0.4, -0.2) is 25.0 Å². The second-order valence-corrected chi connectivity index (χ2v) is 7.81. The number of nitrogens with one attached hydrogen (secondary N) is 2. The van der Waals surface area contributed by atoms with Gasteiger partial charge in [-0.3, -0.25) is 9.59 Å². The first-order valence-electron chi connectivity index (χ1n) is 10.3. The average molecular weight is 435 g/mol. The molecule has 0 aliphatic rings. The minimum absolute atomic E-state index is 0.234. The standard InChI is InChI=1S/C25H26N2O3S/c1-2-30-21-14-12-19(13-15-21)8-6-16-26-25(29)23(18-22-11-7-17-31-22)27-24(28)20-9-4-3-5-10-20/h3-5,7,9-15,17-18H,2,6,8,16H2,1H3,(H,26,29)(H,27,28)/b23-18-. The van der Waals surface area contributed by atoms with Gasteiger partial charge in [0.2, 0.25) is 0 Å². The van der Waals surface area contributed by atoms with Crippen LogP contribution in [0.5, 0.6) is 5.75 Å². The van der Waals surface area contributed by atoms with Gasteiger partial charge in [0.15, 0.2) is 0 Å². The maximum absolute atomic E-state index is 12.8. The third-order valence-electron chi connectivity index (χ3n) is 4.52. The van der Waals surface area contributed by atoms with Gasteiger partial charge in [0, 0.05) is 17.0 Å². The Morgan fingerprint density at radius 3 is 2.45 bits per heavy atom. The van der Waals surface area contributed by atoms with Crippen molar-refractivity contribution in [3.8, 4) is 5.75 Å². The van der Waals surface area contributed by atoms with Crippen molar-refractivity contribution < 1.29 is 14.3 Å². The van der Waals surface area contributed by atoms with E-state index in [1.54, 1.807) is 30.3 Å². The molecule has 160 valence electrons. The number of carbonyl (C=O) groups is 2. The number of benzene rings is 2. The number of rotatable bonds is 10. The summed E-state index contributed by atoms with van der Waals surface area (Å²) in [5.41, 5.74) is 1.92. The van der Waals surface area contributed by atoms with Crippen LogP contribution in [0.3, 0.4) is 0 Å². The normalized spacial score (nSPS) is 11.1. The van der Waals surface area contributed by atoms with Crippen LogP contribution in [-0.2, 0) is 11.2 Å². The zero-order chi connectivity index (χ0) is 21.9. The van der Waals surface area contributed by atoms with Gasteiger partial charge in [-0.15, -0.1) is 11.3 Å². The highest BCUT2D eigenvalue weighted by atomic mass is 32.1. The van der Waals surface area contributed by atoms with Crippen LogP contribution >= 0.6 is 11.3 Å². The largest absolute Gasteiger partial charge is 0.494 e. The van der Waals surface area contributed by atoms with E-state index < -0.39 is 0 Å². The molecule has 5 nitrogen and oxygen atoms in total. The minimum atomic E-state index is -0.312. The molecule has 0 saturated heterocycles. The van der Waals surface area contributed by atoms with Gasteiger partial charge in [0.25, 0.3) is 11.8 Å². The Labute approximate surface area is 186 Å². The molecular weight excluding hydrogens is 408 g/mol. The van der Waals surface area contributed by atoms with Gasteiger partial charge in [0.05, 0.1) is 6.61 Å². The van der Waals surface area contributed by atoms with Crippen LogP contribution in [0.1, 0.15) is 34.1 Å². The van der Waals surface area contributed by atoms with Gasteiger partial charge in [-0.2, -0.15) is 0 Å². The molecule has 0 aliphatic carbocycles. The van der Waals surface area contributed by atoms with E-state index in [0.717, 1.165) is 23.5 Å². The summed E-state index contributed by atoms with van der Waals surface area (Å²) in [5, 5.41) is 7.59. The summed E-state index contributed by atoms with van der Waals surface area (Å²) in [6.07, 6.45) is 3.33. The molecule has 3 rings (SSSR count). The Kier molecular flexibility index (Phi) is 8.43. The number of aryl methyl sites for hydroxylation is 1. The van der Waals surface area contributed by atoms with Crippen molar-refractivity contribution in [2.45, 2.75) is 19.8 Å². The zero-order valence-electron chi connectivity index (χ0n) is 17.5. The predicted molar refractivity (Wildman–Crippen MR) is 125 cm³/mol. The van der Waals surface area contributed by atoms with E-state index in [4.69, 9.17) is 4.74 Å². The second-order valence-electron chi connectivity index (χ2n) is 6.83. The molecule has 0 fully saturated rings. The molecule has 0 saturated carbocycles. The molecule has 1 aromatic heterocycles. The van der Waals surface area contributed by atoms with Crippen LogP contribution < -0.4 is 15.4 Å². The monoisotopic (exact) mass is 434 g/mol. The zero-order valence-corrected chi connectivity index (χ0v) is 18.3. The summed E-state index contributed by atoms with van der Waals surface area (Å²) >= 11 is 1.50. The van der Waals surface area contributed by atoms with E-state index in [0.29, 0.717) is 18.7 Å². The molecule has 0 aliphatic heterocycles. The van der Waals surface area contributed by atoms with Crippen LogP contribution in [0, 0.1) is 0 Å². The molecule has 2 N–H and O–H groups in total. The third-order valence-corrected chi connectivity index (χ3v) is 5.34. The number of amides is 2. The van der Waals surface area contributed by atoms with E-state index in [1.807, 2.05) is 54.8 Å². The van der Waals surface area contributed by atoms with Crippen molar-refractivity contribution in [3.63, 3.8) is 0 Å². The van der Waals surface area contributed by atoms with E-state index in [2.05, 4.69) is 10.6 Å². The van der Waals surface area contributed by atoms with Crippen molar-refractivity contribution in [1.82, 2.24) is 10.6 Å². The predicted octanol–water partition coefficient (Wildman–Crippen LogP) is 4.67. The molecule has 0 unspecified atom stereocenters. The fourth-order valence-electron chi connectivity index (χ4n) is 2.97. The van der Waals surface area contributed by atoms with E-state index in [9.17, 15) is 9.59 Å². The van der Waals surface area contributed by atoms with E-state index in [-0.39, 0.29) is 17.5 Å². The lowest BCUT2D eigenvalue weighted by Gasteiger charge is -2.11. The first kappa shape index (κ1) is 22.3. The summed E-state index contributed by atoms with van der Waals surface area (Å²) in [5.74, 6) is 0.245. The summed E-state index contributed by atoms with van der Waals surface area (Å²) in [6.45, 7) is 3.11. The Hall–Kier alpha value is -3.38. The average Bonchev–Trinajstić information content (AvgIpc) is 3.31. The maximum Gasteiger partial charge on any atom is 0.267 e. The van der Waals surface area contributed by atoms with Gasteiger partial charge in [0.1, 0.15) is 11.4 Å². The third kappa shape index (κ3) is 7.12. The molecule has 0 spiro atoms. The quantitative estimate of drug-likeness (QED) is 0.360. The number of hydrogen-bond donors (Lipinski definition) is 2. The topological polar surface area (TPSA) is 67.4 Å². The van der Waals surface area contributed by atoms with Gasteiger partial charge in [-0.05, 0) is 67.1 Å². The molecule has 2 aromatic carbocycles. The highest BCUT2D eigenvalue weighted by Gasteiger charge is 2.14. The fourth-order valence-corrected chi connectivity index (χ4v) is 3.62. The van der Waals surface area contributed by atoms with E-state index in [1.165, 1.54) is 16.9 Å². The van der Waals surface area contributed by atoms with Crippen LogP contribution in [0.25, 0.3) is 6.08 Å². The highest BCUT2D eigenvalue weighted by molar-refractivity contribution is 7.10. The fraction of sp³-hybridized carbons (Fsp3) is 0.200. The van der Waals surface area contributed by atoms with Gasteiger partial charge < -0.3 is 15.4 Å². The summed E-state index contributed by atoms with van der Waals surface area (Å²) in [7, 11) is 0. The molecule has 2 amide bonds. The highest BCUT2D eigenvalue weighted by Crippen LogP contribution is 2.14. The van der Waals surface area contributed by atoms with Crippen LogP contribution in [0.15, 0.2) is 77.8 Å². The number of thiophene rings is 1. The van der Waals surface area contributed by atoms with Crippen LogP contribution in [0.2, 0.25) is 0 Å². The minimum Gasteiger partial charge on any atom is -0.494 e. The Morgan fingerprint density at radius 1 is 1.00 bits per heavy atom. The number of ether oxygens (including phenoxy) is 1. The Morgan fingerprint density at radius 2 is 1.77 bits per heavy atom. The first-order valence-corrected chi connectivity index (χ1v) is 11.1. The van der Waals surface area contributed by atoms with E-state index >= 15 is 0 Å². The molecule has 1 heterocycles. The lowest BCUT2D eigenvalue weighted by Crippen LogP contribution is -2.35. The molecule has 31 heavy (non-hydrogen) atoms. The van der Waals surface area contributed by atoms with Crippen LogP contribution in [0.4, 0.5) is 0 Å². The summed E-state index contributed by atoms with van der Waals surface area (Å²) in [4.78, 5) is 26.2. The summed E-state index contributed by atoms with van der Waals surface area (Å²) in [6, 6.07) is 20.6. The maximum atomic E-state index is 12.8. The molecule has 0 radical (unpaired) electrons. The SMILES string of the molecule is CCOc1ccc(CCCNC(=O)/C(=C/c2cccs2)NC(=O)c2ccccc2)cc1. The van der Waals surface area contributed by atoms with Crippen molar-refractivity contribution >= 4 is 29.2 Å². The second kappa shape index (κ2) is 11.7. The molecule has 0 atom stereocenters. The van der Waals surface area contributed by atoms with Crippen molar-refractivity contribution in [2.24, 2.45) is 0 Å². The summed E-state index contributed by atoms with van der Waals surface area (Å²) < 4.78 is 5.45. The first-order chi connectivity index (χ1) is 15.2. The number of hydrogen-bond acceptors (Lipinski definition) is 4. The lowest BCUT2D eigenvalue weighted by atomic mass is 10.1. The smallest absolute Gasteiger partial charge is 0.267 e. The molecule has 3 aromatic rings. The molecular formula is C25H26N2O3S. The van der Waals surface area contributed by atoms with Gasteiger partial charge in [-0.1, -0.05) is 36.4 Å². The lowest BCUT2D eigenvalue weighted by molar-refractivity contribution is -0.117. The van der Waals surface area contributed by atoms with Crippen molar-refractivity contribution in [1.29, 1.82) is 0 Å². The van der Waals surface area contributed by atoms with Crippen molar-refractivity contribution in [2.75, 3.05) is 13.2 Å². The number of carbonyl (C=O) groups excluding carboxylic acids is 2. The Balaban J connectivity index is 1.56. The van der Waals surface area contributed by atoms with Gasteiger partial charge >= 0.3 is 0 Å². The Bertz CT molecular complexity index is 997. The van der Waals surface area contributed by atoms with Crippen molar-refractivity contribution in [3.05, 3.63) is 93.8 Å².